The summed E-state index contributed by atoms with van der Waals surface area (Å²) >= 11 is 0. The molecule has 0 aromatic carbocycles. The summed E-state index contributed by atoms with van der Waals surface area (Å²) in [5, 5.41) is 18.0. The molecule has 0 aliphatic carbocycles. The van der Waals surface area contributed by atoms with Crippen LogP contribution < -0.4 is 10.1 Å². The van der Waals surface area contributed by atoms with Crippen molar-refractivity contribution in [3.63, 3.8) is 0 Å². The van der Waals surface area contributed by atoms with Crippen molar-refractivity contribution in [3.8, 4) is 5.88 Å². The molecular weight excluding hydrogens is 278 g/mol. The first kappa shape index (κ1) is 14.7. The van der Waals surface area contributed by atoms with Gasteiger partial charge in [0.05, 0.1) is 37.1 Å². The lowest BCUT2D eigenvalue weighted by molar-refractivity contribution is -0.384. The average molecular weight is 293 g/mol. The fourth-order valence-corrected chi connectivity index (χ4v) is 1.66. The third kappa shape index (κ3) is 3.66. The number of anilines is 2. The minimum atomic E-state index is -0.510. The van der Waals surface area contributed by atoms with Crippen LogP contribution in [-0.2, 0) is 11.3 Å². The maximum Gasteiger partial charge on any atom is 0.311 e. The monoisotopic (exact) mass is 293 g/mol. The molecule has 0 atom stereocenters. The summed E-state index contributed by atoms with van der Waals surface area (Å²) in [6.45, 7) is 1.12. The third-order valence-corrected chi connectivity index (χ3v) is 2.67. The Morgan fingerprint density at radius 3 is 2.90 bits per heavy atom. The van der Waals surface area contributed by atoms with E-state index in [9.17, 15) is 10.1 Å². The van der Waals surface area contributed by atoms with E-state index in [0.29, 0.717) is 18.8 Å². The van der Waals surface area contributed by atoms with Crippen LogP contribution >= 0.6 is 0 Å². The van der Waals surface area contributed by atoms with E-state index >= 15 is 0 Å². The Labute approximate surface area is 120 Å². The Morgan fingerprint density at radius 1 is 1.43 bits per heavy atom. The second-order valence-electron chi connectivity index (χ2n) is 4.09. The van der Waals surface area contributed by atoms with E-state index in [1.807, 2.05) is 0 Å². The topological polar surface area (TPSA) is 104 Å². The van der Waals surface area contributed by atoms with Crippen molar-refractivity contribution in [1.82, 2.24) is 14.8 Å². The highest BCUT2D eigenvalue weighted by Crippen LogP contribution is 2.27. The molecule has 21 heavy (non-hydrogen) atoms. The van der Waals surface area contributed by atoms with Crippen LogP contribution in [0.2, 0.25) is 0 Å². The zero-order valence-corrected chi connectivity index (χ0v) is 11.6. The molecule has 112 valence electrons. The van der Waals surface area contributed by atoms with Crippen molar-refractivity contribution in [2.75, 3.05) is 26.1 Å². The van der Waals surface area contributed by atoms with Crippen LogP contribution in [0, 0.1) is 10.1 Å². The lowest BCUT2D eigenvalue weighted by Gasteiger charge is -2.05. The van der Waals surface area contributed by atoms with Gasteiger partial charge in [-0.15, -0.1) is 0 Å². The number of nitrogens with one attached hydrogen (secondary N) is 1. The zero-order valence-electron chi connectivity index (χ0n) is 11.6. The smallest absolute Gasteiger partial charge is 0.311 e. The molecule has 0 bridgehead atoms. The van der Waals surface area contributed by atoms with Crippen molar-refractivity contribution < 1.29 is 14.4 Å². The largest absolute Gasteiger partial charge is 0.481 e. The Bertz CT molecular complexity index is 628. The van der Waals surface area contributed by atoms with Crippen molar-refractivity contribution in [3.05, 3.63) is 34.6 Å². The summed E-state index contributed by atoms with van der Waals surface area (Å²) in [5.41, 5.74) is 0.454. The number of rotatable bonds is 7. The molecular formula is C12H15N5O4. The second-order valence-corrected chi connectivity index (χ2v) is 4.09. The van der Waals surface area contributed by atoms with Gasteiger partial charge in [-0.05, 0) is 0 Å². The number of nitrogens with zero attached hydrogens (tertiary/aromatic N) is 4. The second kappa shape index (κ2) is 6.66. The van der Waals surface area contributed by atoms with E-state index in [0.717, 1.165) is 0 Å². The molecule has 0 unspecified atom stereocenters. The normalized spacial score (nSPS) is 10.4. The van der Waals surface area contributed by atoms with Crippen molar-refractivity contribution in [1.29, 1.82) is 0 Å². The molecule has 0 saturated carbocycles. The summed E-state index contributed by atoms with van der Waals surface area (Å²) < 4.78 is 11.6. The van der Waals surface area contributed by atoms with Gasteiger partial charge in [-0.2, -0.15) is 10.1 Å². The van der Waals surface area contributed by atoms with Gasteiger partial charge in [0.2, 0.25) is 11.7 Å². The molecule has 9 nitrogen and oxygen atoms in total. The highest BCUT2D eigenvalue weighted by Gasteiger charge is 2.17. The predicted octanol–water partition coefficient (Wildman–Crippen LogP) is 1.58. The Hall–Kier alpha value is -2.68. The lowest BCUT2D eigenvalue weighted by atomic mass is 10.3. The van der Waals surface area contributed by atoms with Gasteiger partial charge in [0.15, 0.2) is 0 Å². The van der Waals surface area contributed by atoms with Gasteiger partial charge in [0.25, 0.3) is 0 Å². The highest BCUT2D eigenvalue weighted by atomic mass is 16.6. The molecule has 2 aromatic rings. The van der Waals surface area contributed by atoms with E-state index in [1.54, 1.807) is 24.2 Å². The molecule has 0 amide bonds. The van der Waals surface area contributed by atoms with Gasteiger partial charge in [-0.25, -0.2) is 0 Å². The first-order chi connectivity index (χ1) is 10.1. The van der Waals surface area contributed by atoms with Crippen molar-refractivity contribution in [2.24, 2.45) is 0 Å². The maximum atomic E-state index is 11.0. The van der Waals surface area contributed by atoms with E-state index in [4.69, 9.17) is 9.47 Å². The van der Waals surface area contributed by atoms with Crippen LogP contribution in [0.15, 0.2) is 24.5 Å². The number of methoxy groups -OCH3 is 2. The third-order valence-electron chi connectivity index (χ3n) is 2.67. The first-order valence-electron chi connectivity index (χ1n) is 6.12. The van der Waals surface area contributed by atoms with Gasteiger partial charge in [-0.3, -0.25) is 14.8 Å². The minimum absolute atomic E-state index is 0.102. The molecule has 2 rings (SSSR count). The van der Waals surface area contributed by atoms with Gasteiger partial charge in [-0.1, -0.05) is 0 Å². The quantitative estimate of drug-likeness (QED) is 0.610. The van der Waals surface area contributed by atoms with E-state index in [-0.39, 0.29) is 17.4 Å². The molecule has 0 radical (unpaired) electrons. The van der Waals surface area contributed by atoms with E-state index in [2.05, 4.69) is 15.4 Å². The van der Waals surface area contributed by atoms with Crippen LogP contribution in [0.5, 0.6) is 5.88 Å². The number of nitro groups is 1. The number of hydrogen-bond donors (Lipinski definition) is 1. The zero-order chi connectivity index (χ0) is 15.2. The Balaban J connectivity index is 2.21. The summed E-state index contributed by atoms with van der Waals surface area (Å²) in [6, 6.07) is 2.77. The number of hydrogen-bond acceptors (Lipinski definition) is 7. The maximum absolute atomic E-state index is 11.0. The standard InChI is InChI=1S/C12H15N5O4/c1-20-6-5-16-8-9(7-13-16)14-12-10(17(18)19)3-4-11(15-12)21-2/h3-4,7-8H,5-6H2,1-2H3,(H,14,15). The summed E-state index contributed by atoms with van der Waals surface area (Å²) in [4.78, 5) is 14.5. The van der Waals surface area contributed by atoms with Gasteiger partial charge >= 0.3 is 5.69 Å². The SMILES string of the molecule is COCCn1cc(Nc2nc(OC)ccc2[N+](=O)[O-])cn1. The van der Waals surface area contributed by atoms with Crippen LogP contribution in [-0.4, -0.2) is 40.5 Å². The lowest BCUT2D eigenvalue weighted by Crippen LogP contribution is -2.04. The molecule has 9 heteroatoms. The molecule has 0 saturated heterocycles. The van der Waals surface area contributed by atoms with Crippen LogP contribution in [0.4, 0.5) is 17.2 Å². The summed E-state index contributed by atoms with van der Waals surface area (Å²) in [7, 11) is 3.05. The molecule has 2 aromatic heterocycles. The molecule has 0 aliphatic heterocycles. The van der Waals surface area contributed by atoms with E-state index in [1.165, 1.54) is 19.2 Å². The van der Waals surface area contributed by atoms with Gasteiger partial charge in [0.1, 0.15) is 0 Å². The summed E-state index contributed by atoms with van der Waals surface area (Å²) in [6.07, 6.45) is 3.27. The fraction of sp³-hybridized carbons (Fsp3) is 0.333. The number of aromatic nitrogens is 3. The fourth-order valence-electron chi connectivity index (χ4n) is 1.66. The molecule has 0 spiro atoms. The Kier molecular flexibility index (Phi) is 4.67. The van der Waals surface area contributed by atoms with Crippen LogP contribution in [0.3, 0.4) is 0 Å². The predicted molar refractivity (Wildman–Crippen MR) is 74.8 cm³/mol. The highest BCUT2D eigenvalue weighted by molar-refractivity contribution is 5.65. The van der Waals surface area contributed by atoms with Crippen LogP contribution in [0.1, 0.15) is 0 Å². The Morgan fingerprint density at radius 2 is 2.24 bits per heavy atom. The number of ether oxygens (including phenoxy) is 2. The summed E-state index contributed by atoms with van der Waals surface area (Å²) in [5.74, 6) is 0.389. The van der Waals surface area contributed by atoms with E-state index < -0.39 is 4.92 Å². The molecule has 0 fully saturated rings. The molecule has 2 heterocycles. The molecule has 0 aliphatic rings. The molecule has 1 N–H and O–H groups in total. The van der Waals surface area contributed by atoms with Gasteiger partial charge < -0.3 is 14.8 Å². The van der Waals surface area contributed by atoms with Crippen LogP contribution in [0.25, 0.3) is 0 Å². The minimum Gasteiger partial charge on any atom is -0.481 e. The number of pyridine rings is 1. The van der Waals surface area contributed by atoms with Gasteiger partial charge in [0, 0.05) is 25.4 Å². The van der Waals surface area contributed by atoms with Crippen molar-refractivity contribution in [2.45, 2.75) is 6.54 Å². The average Bonchev–Trinajstić information content (AvgIpc) is 2.92. The first-order valence-corrected chi connectivity index (χ1v) is 6.12. The van der Waals surface area contributed by atoms with Crippen molar-refractivity contribution >= 4 is 17.2 Å².